The van der Waals surface area contributed by atoms with E-state index >= 15 is 0 Å². The van der Waals surface area contributed by atoms with Crippen molar-refractivity contribution in [2.45, 2.75) is 44.1 Å². The molecule has 0 bridgehead atoms. The van der Waals surface area contributed by atoms with Crippen LogP contribution in [0.25, 0.3) is 0 Å². The number of rotatable bonds is 2. The van der Waals surface area contributed by atoms with Crippen molar-refractivity contribution in [2.75, 3.05) is 0 Å². The highest BCUT2D eigenvalue weighted by Crippen LogP contribution is 2.33. The molecule has 16 heavy (non-hydrogen) atoms. The molecular weight excluding hydrogens is 220 g/mol. The third kappa shape index (κ3) is 1.92. The Hall–Kier alpha value is -0.730. The Morgan fingerprint density at radius 1 is 1.25 bits per heavy atom. The Bertz CT molecular complexity index is 279. The Balaban J connectivity index is 3.03. The molecule has 0 aliphatic carbocycles. The van der Waals surface area contributed by atoms with Gasteiger partial charge in [-0.25, -0.2) is 4.79 Å². The summed E-state index contributed by atoms with van der Waals surface area (Å²) in [6, 6.07) is 0. The number of aliphatic hydroxyl groups excluding tert-OH is 3. The maximum absolute atomic E-state index is 10.7. The molecule has 1 aliphatic heterocycles. The Labute approximate surface area is 91.9 Å². The average molecular weight is 236 g/mol. The number of ether oxygens (including phenoxy) is 1. The van der Waals surface area contributed by atoms with Crippen LogP contribution in [0.1, 0.15) is 13.8 Å². The Kier molecular flexibility index (Phi) is 3.56. The van der Waals surface area contributed by atoms with E-state index in [0.717, 1.165) is 0 Å². The first kappa shape index (κ1) is 13.3. The zero-order chi connectivity index (χ0) is 12.7. The average Bonchev–Trinajstić information content (AvgIpc) is 2.19. The van der Waals surface area contributed by atoms with E-state index in [1.165, 1.54) is 13.8 Å². The SMILES string of the molecule is CC(C)[C@@]1(O)O[C@H](C(=O)O)[C@@H](O)[C@H](O)[C@H]1O. The molecule has 1 rings (SSSR count). The summed E-state index contributed by atoms with van der Waals surface area (Å²) >= 11 is 0. The lowest BCUT2D eigenvalue weighted by Gasteiger charge is -2.46. The lowest BCUT2D eigenvalue weighted by molar-refractivity contribution is -0.356. The van der Waals surface area contributed by atoms with Crippen LogP contribution < -0.4 is 0 Å². The quantitative estimate of drug-likeness (QED) is 0.371. The molecule has 0 aromatic heterocycles. The van der Waals surface area contributed by atoms with Gasteiger partial charge in [-0.05, 0) is 0 Å². The van der Waals surface area contributed by atoms with E-state index in [1.54, 1.807) is 0 Å². The first-order chi connectivity index (χ1) is 7.21. The minimum Gasteiger partial charge on any atom is -0.479 e. The van der Waals surface area contributed by atoms with Gasteiger partial charge in [-0.1, -0.05) is 13.8 Å². The van der Waals surface area contributed by atoms with Gasteiger partial charge in [0, 0.05) is 5.92 Å². The smallest absolute Gasteiger partial charge is 0.335 e. The molecule has 0 aromatic rings. The van der Waals surface area contributed by atoms with Crippen LogP contribution in [0.4, 0.5) is 0 Å². The summed E-state index contributed by atoms with van der Waals surface area (Å²) < 4.78 is 4.79. The van der Waals surface area contributed by atoms with Gasteiger partial charge in [0.15, 0.2) is 11.9 Å². The van der Waals surface area contributed by atoms with Crippen LogP contribution in [-0.2, 0) is 9.53 Å². The van der Waals surface area contributed by atoms with Crippen molar-refractivity contribution < 1.29 is 35.1 Å². The molecule has 94 valence electrons. The van der Waals surface area contributed by atoms with Crippen LogP contribution >= 0.6 is 0 Å². The maximum atomic E-state index is 10.7. The zero-order valence-corrected chi connectivity index (χ0v) is 8.94. The summed E-state index contributed by atoms with van der Waals surface area (Å²) in [4.78, 5) is 10.7. The fraction of sp³-hybridized carbons (Fsp3) is 0.889. The van der Waals surface area contributed by atoms with Gasteiger partial charge in [0.25, 0.3) is 0 Å². The topological polar surface area (TPSA) is 127 Å². The zero-order valence-electron chi connectivity index (χ0n) is 8.94. The van der Waals surface area contributed by atoms with Crippen molar-refractivity contribution in [1.29, 1.82) is 0 Å². The van der Waals surface area contributed by atoms with Gasteiger partial charge in [0.05, 0.1) is 0 Å². The molecule has 7 nitrogen and oxygen atoms in total. The fourth-order valence-electron chi connectivity index (χ4n) is 1.63. The number of aliphatic hydroxyl groups is 4. The van der Waals surface area contributed by atoms with Crippen molar-refractivity contribution in [1.82, 2.24) is 0 Å². The summed E-state index contributed by atoms with van der Waals surface area (Å²) in [6.07, 6.45) is -7.10. The molecule has 0 saturated carbocycles. The number of hydrogen-bond donors (Lipinski definition) is 5. The van der Waals surface area contributed by atoms with Gasteiger partial charge >= 0.3 is 5.97 Å². The third-order valence-corrected chi connectivity index (χ3v) is 2.79. The largest absolute Gasteiger partial charge is 0.479 e. The van der Waals surface area contributed by atoms with Crippen molar-refractivity contribution in [3.05, 3.63) is 0 Å². The van der Waals surface area contributed by atoms with E-state index in [0.29, 0.717) is 0 Å². The second-order valence-corrected chi connectivity index (χ2v) is 4.21. The number of carbonyl (C=O) groups is 1. The predicted octanol–water partition coefficient (Wildman–Crippen LogP) is -2.10. The second kappa shape index (κ2) is 4.27. The van der Waals surface area contributed by atoms with E-state index in [9.17, 15) is 25.2 Å². The van der Waals surface area contributed by atoms with Crippen LogP contribution in [0.5, 0.6) is 0 Å². The lowest BCUT2D eigenvalue weighted by atomic mass is 9.86. The number of carboxylic acids is 1. The molecule has 0 spiro atoms. The van der Waals surface area contributed by atoms with Gasteiger partial charge in [-0.2, -0.15) is 0 Å². The van der Waals surface area contributed by atoms with Crippen LogP contribution in [0.15, 0.2) is 0 Å². The summed E-state index contributed by atoms with van der Waals surface area (Å²) in [5.41, 5.74) is 0. The molecule has 1 aliphatic rings. The van der Waals surface area contributed by atoms with Gasteiger partial charge < -0.3 is 30.3 Å². The predicted molar refractivity (Wildman–Crippen MR) is 50.3 cm³/mol. The number of hydrogen-bond acceptors (Lipinski definition) is 6. The van der Waals surface area contributed by atoms with E-state index in [4.69, 9.17) is 9.84 Å². The molecule has 0 amide bonds. The highest BCUT2D eigenvalue weighted by atomic mass is 16.7. The lowest BCUT2D eigenvalue weighted by Crippen LogP contribution is -2.67. The van der Waals surface area contributed by atoms with Crippen LogP contribution in [0, 0.1) is 5.92 Å². The van der Waals surface area contributed by atoms with Crippen molar-refractivity contribution >= 4 is 5.97 Å². The minimum absolute atomic E-state index is 0.647. The van der Waals surface area contributed by atoms with Gasteiger partial charge in [-0.15, -0.1) is 0 Å². The normalized spacial score (nSPS) is 44.7. The summed E-state index contributed by atoms with van der Waals surface area (Å²) in [6.45, 7) is 2.99. The van der Waals surface area contributed by atoms with Crippen molar-refractivity contribution in [3.8, 4) is 0 Å². The van der Waals surface area contributed by atoms with E-state index in [-0.39, 0.29) is 0 Å². The first-order valence-electron chi connectivity index (χ1n) is 4.89. The highest BCUT2D eigenvalue weighted by Gasteiger charge is 2.56. The standard InChI is InChI=1S/C9H16O7/c1-3(2)9(15)7(12)5(11)4(10)6(16-9)8(13)14/h3-7,10-12,15H,1-2H3,(H,13,14)/t4-,5-,6-,7+,9+/m0/s1. The van der Waals surface area contributed by atoms with Gasteiger partial charge in [-0.3, -0.25) is 0 Å². The summed E-state index contributed by atoms with van der Waals surface area (Å²) in [5, 5.41) is 47.0. The molecule has 1 heterocycles. The van der Waals surface area contributed by atoms with Crippen LogP contribution in [0.2, 0.25) is 0 Å². The van der Waals surface area contributed by atoms with Gasteiger partial charge in [0.1, 0.15) is 18.3 Å². The molecule has 5 atom stereocenters. The van der Waals surface area contributed by atoms with Crippen molar-refractivity contribution in [3.63, 3.8) is 0 Å². The van der Waals surface area contributed by atoms with E-state index in [1.807, 2.05) is 0 Å². The minimum atomic E-state index is -2.19. The number of aliphatic carboxylic acids is 1. The van der Waals surface area contributed by atoms with Gasteiger partial charge in [0.2, 0.25) is 0 Å². The molecule has 0 radical (unpaired) electrons. The first-order valence-corrected chi connectivity index (χ1v) is 4.89. The van der Waals surface area contributed by atoms with E-state index in [2.05, 4.69) is 0 Å². The maximum Gasteiger partial charge on any atom is 0.335 e. The second-order valence-electron chi connectivity index (χ2n) is 4.21. The molecule has 0 unspecified atom stereocenters. The Morgan fingerprint density at radius 3 is 2.12 bits per heavy atom. The molecular formula is C9H16O7. The third-order valence-electron chi connectivity index (χ3n) is 2.79. The summed E-state index contributed by atoms with van der Waals surface area (Å²) in [5.74, 6) is -4.36. The summed E-state index contributed by atoms with van der Waals surface area (Å²) in [7, 11) is 0. The monoisotopic (exact) mass is 236 g/mol. The molecule has 0 aromatic carbocycles. The Morgan fingerprint density at radius 2 is 1.75 bits per heavy atom. The molecule has 5 N–H and O–H groups in total. The van der Waals surface area contributed by atoms with E-state index < -0.39 is 42.1 Å². The highest BCUT2D eigenvalue weighted by molar-refractivity contribution is 5.73. The van der Waals surface area contributed by atoms with Crippen LogP contribution in [0.3, 0.4) is 0 Å². The van der Waals surface area contributed by atoms with Crippen LogP contribution in [-0.4, -0.2) is 61.7 Å². The fourth-order valence-corrected chi connectivity index (χ4v) is 1.63. The molecule has 1 saturated heterocycles. The molecule has 1 fully saturated rings. The number of carboxylic acid groups (broad SMARTS) is 1. The van der Waals surface area contributed by atoms with Crippen molar-refractivity contribution in [2.24, 2.45) is 5.92 Å². The molecule has 7 heteroatoms.